The Balaban J connectivity index is 0.000000163. The molecule has 2 bridgehead atoms. The first-order valence-corrected chi connectivity index (χ1v) is 8.91. The fourth-order valence-electron chi connectivity index (χ4n) is 3.68. The molecule has 2 saturated heterocycles. The fourth-order valence-corrected chi connectivity index (χ4v) is 3.68. The number of fused-ring (bicyclic) bond motifs is 2. The van der Waals surface area contributed by atoms with Gasteiger partial charge in [0.1, 0.15) is 0 Å². The molecule has 150 valence electrons. The van der Waals surface area contributed by atoms with Gasteiger partial charge in [-0.05, 0) is 49.2 Å². The molecule has 1 amide bonds. The van der Waals surface area contributed by atoms with Crippen LogP contribution in [0.5, 0.6) is 0 Å². The summed E-state index contributed by atoms with van der Waals surface area (Å²) >= 11 is 0. The average molecular weight is 394 g/mol. The van der Waals surface area contributed by atoms with Gasteiger partial charge in [-0.25, -0.2) is 0 Å². The highest BCUT2D eigenvalue weighted by molar-refractivity contribution is 5.71. The van der Waals surface area contributed by atoms with Crippen molar-refractivity contribution in [1.82, 2.24) is 4.98 Å². The van der Waals surface area contributed by atoms with Gasteiger partial charge in [-0.15, -0.1) is 0 Å². The zero-order valence-electron chi connectivity index (χ0n) is 15.2. The normalized spacial score (nSPS) is 25.8. The summed E-state index contributed by atoms with van der Waals surface area (Å²) < 4.78 is 42.0. The largest absolute Gasteiger partial charge is 0.416 e. The van der Waals surface area contributed by atoms with Crippen LogP contribution in [0.25, 0.3) is 0 Å². The van der Waals surface area contributed by atoms with Gasteiger partial charge in [-0.2, -0.15) is 13.2 Å². The molecule has 2 aliphatic rings. The number of carbonyl (C=O) groups is 1. The number of rotatable bonds is 3. The molecule has 0 saturated carbocycles. The molecule has 3 heterocycles. The Labute approximate surface area is 160 Å². The summed E-state index contributed by atoms with van der Waals surface area (Å²) in [5.41, 5.74) is 1.64. The minimum atomic E-state index is -4.37. The molecule has 1 aromatic carbocycles. The Bertz CT molecular complexity index is 828. The van der Waals surface area contributed by atoms with E-state index in [2.05, 4.69) is 16.4 Å². The Morgan fingerprint density at radius 2 is 2.04 bits per heavy atom. The zero-order chi connectivity index (χ0) is 20.3. The van der Waals surface area contributed by atoms with E-state index in [4.69, 9.17) is 4.74 Å². The standard InChI is InChI=1S/C12H15NO2.C8H6F3NO/c1-7-4-8(2-3-13-7)10-5-9-6-11(14)12(10)15-9;9-8(10,11)6-2-1-3-7(4-6)12-5-13/h2-4,9-12,14H,5-6H2,1H3;1-5H,(H,12,13). The van der Waals surface area contributed by atoms with Crippen LogP contribution in [0.3, 0.4) is 0 Å². The molecule has 28 heavy (non-hydrogen) atoms. The number of aromatic nitrogens is 1. The van der Waals surface area contributed by atoms with Gasteiger partial charge >= 0.3 is 6.18 Å². The second-order valence-electron chi connectivity index (χ2n) is 6.94. The van der Waals surface area contributed by atoms with E-state index in [9.17, 15) is 23.1 Å². The number of pyridine rings is 1. The molecule has 4 atom stereocenters. The van der Waals surface area contributed by atoms with E-state index in [1.807, 2.05) is 19.2 Å². The third kappa shape index (κ3) is 4.69. The second-order valence-corrected chi connectivity index (χ2v) is 6.94. The van der Waals surface area contributed by atoms with Crippen molar-refractivity contribution in [2.45, 2.75) is 50.2 Å². The molecule has 1 aromatic heterocycles. The van der Waals surface area contributed by atoms with Crippen LogP contribution in [0.2, 0.25) is 0 Å². The Morgan fingerprint density at radius 1 is 1.25 bits per heavy atom. The number of hydrogen-bond acceptors (Lipinski definition) is 4. The summed E-state index contributed by atoms with van der Waals surface area (Å²) in [6.07, 6.45) is -0.349. The van der Waals surface area contributed by atoms with Crippen molar-refractivity contribution in [3.8, 4) is 0 Å². The first kappa shape index (κ1) is 20.3. The number of halogens is 3. The van der Waals surface area contributed by atoms with Crippen LogP contribution in [0.1, 0.15) is 35.6 Å². The molecular formula is C20H21F3N2O3. The molecule has 5 nitrogen and oxygen atoms in total. The molecule has 4 unspecified atom stereocenters. The molecule has 2 aromatic rings. The highest BCUT2D eigenvalue weighted by Gasteiger charge is 2.47. The van der Waals surface area contributed by atoms with Crippen molar-refractivity contribution >= 4 is 12.1 Å². The van der Waals surface area contributed by atoms with E-state index in [0.717, 1.165) is 30.7 Å². The van der Waals surface area contributed by atoms with Crippen LogP contribution < -0.4 is 5.32 Å². The fraction of sp³-hybridized carbons (Fsp3) is 0.400. The number of aryl methyl sites for hydroxylation is 1. The maximum Gasteiger partial charge on any atom is 0.416 e. The lowest BCUT2D eigenvalue weighted by molar-refractivity contribution is -0.137. The third-order valence-electron chi connectivity index (χ3n) is 4.91. The van der Waals surface area contributed by atoms with Gasteiger partial charge in [-0.1, -0.05) is 6.07 Å². The number of carbonyl (C=O) groups excluding carboxylic acids is 1. The lowest BCUT2D eigenvalue weighted by Gasteiger charge is -2.23. The highest BCUT2D eigenvalue weighted by Crippen LogP contribution is 2.44. The van der Waals surface area contributed by atoms with Crippen LogP contribution in [-0.2, 0) is 15.7 Å². The van der Waals surface area contributed by atoms with Crippen LogP contribution in [0, 0.1) is 6.92 Å². The molecule has 2 aliphatic heterocycles. The molecule has 8 heteroatoms. The number of aliphatic hydroxyl groups excluding tert-OH is 1. The third-order valence-corrected chi connectivity index (χ3v) is 4.91. The Morgan fingerprint density at radius 3 is 2.64 bits per heavy atom. The van der Waals surface area contributed by atoms with Gasteiger partial charge in [0.15, 0.2) is 0 Å². The van der Waals surface area contributed by atoms with Crippen LogP contribution in [0.15, 0.2) is 42.6 Å². The summed E-state index contributed by atoms with van der Waals surface area (Å²) in [6, 6.07) is 8.55. The van der Waals surface area contributed by atoms with E-state index in [1.54, 1.807) is 0 Å². The predicted octanol–water partition coefficient (Wildman–Crippen LogP) is 3.67. The maximum atomic E-state index is 12.1. The predicted molar refractivity (Wildman–Crippen MR) is 96.7 cm³/mol. The van der Waals surface area contributed by atoms with E-state index in [1.165, 1.54) is 17.7 Å². The van der Waals surface area contributed by atoms with Gasteiger partial charge in [0, 0.05) is 29.9 Å². The van der Waals surface area contributed by atoms with Gasteiger partial charge in [0.05, 0.1) is 23.9 Å². The molecule has 0 spiro atoms. The number of nitrogens with zero attached hydrogens (tertiary/aromatic N) is 1. The molecular weight excluding hydrogens is 373 g/mol. The van der Waals surface area contributed by atoms with Gasteiger partial charge in [-0.3, -0.25) is 9.78 Å². The number of aliphatic hydroxyl groups is 1. The van der Waals surface area contributed by atoms with Crippen molar-refractivity contribution in [2.75, 3.05) is 5.32 Å². The summed E-state index contributed by atoms with van der Waals surface area (Å²) in [7, 11) is 0. The van der Waals surface area contributed by atoms with Gasteiger partial charge in [0.2, 0.25) is 6.41 Å². The quantitative estimate of drug-likeness (QED) is 0.780. The minimum Gasteiger partial charge on any atom is -0.390 e. The molecule has 4 rings (SSSR count). The number of amides is 1. The van der Waals surface area contributed by atoms with Crippen molar-refractivity contribution in [3.05, 3.63) is 59.4 Å². The first-order chi connectivity index (χ1) is 13.3. The van der Waals surface area contributed by atoms with Crippen LogP contribution >= 0.6 is 0 Å². The summed E-state index contributed by atoms with van der Waals surface area (Å²) in [5, 5.41) is 11.9. The number of hydrogen-bond donors (Lipinski definition) is 2. The number of benzene rings is 1. The average Bonchev–Trinajstić information content (AvgIpc) is 3.22. The molecule has 2 fully saturated rings. The molecule has 2 N–H and O–H groups in total. The SMILES string of the molecule is Cc1cc(C2CC3CC(O)C2O3)ccn1.O=CNc1cccc(C(F)(F)F)c1. The monoisotopic (exact) mass is 394 g/mol. The second kappa shape index (κ2) is 8.28. The van der Waals surface area contributed by atoms with Crippen molar-refractivity contribution in [2.24, 2.45) is 0 Å². The maximum absolute atomic E-state index is 12.1. The Hall–Kier alpha value is -2.45. The van der Waals surface area contributed by atoms with E-state index < -0.39 is 11.7 Å². The van der Waals surface area contributed by atoms with Crippen LogP contribution in [0.4, 0.5) is 18.9 Å². The zero-order valence-corrected chi connectivity index (χ0v) is 15.2. The number of ether oxygens (including phenoxy) is 1. The highest BCUT2D eigenvalue weighted by atomic mass is 19.4. The summed E-state index contributed by atoms with van der Waals surface area (Å²) in [4.78, 5) is 14.1. The summed E-state index contributed by atoms with van der Waals surface area (Å²) in [6.45, 7) is 1.99. The van der Waals surface area contributed by atoms with E-state index in [-0.39, 0.29) is 24.0 Å². The number of alkyl halides is 3. The first-order valence-electron chi connectivity index (χ1n) is 8.91. The van der Waals surface area contributed by atoms with Crippen molar-refractivity contribution in [3.63, 3.8) is 0 Å². The Kier molecular flexibility index (Phi) is 6.00. The smallest absolute Gasteiger partial charge is 0.390 e. The number of anilines is 1. The lowest BCUT2D eigenvalue weighted by Crippen LogP contribution is -2.28. The summed E-state index contributed by atoms with van der Waals surface area (Å²) in [5.74, 6) is 0.362. The van der Waals surface area contributed by atoms with Gasteiger partial charge < -0.3 is 15.2 Å². The molecule has 0 aliphatic carbocycles. The van der Waals surface area contributed by atoms with E-state index >= 15 is 0 Å². The van der Waals surface area contributed by atoms with Crippen LogP contribution in [-0.4, -0.2) is 34.8 Å². The molecule has 0 radical (unpaired) electrons. The minimum absolute atomic E-state index is 0.0109. The van der Waals surface area contributed by atoms with Gasteiger partial charge in [0.25, 0.3) is 0 Å². The lowest BCUT2D eigenvalue weighted by atomic mass is 9.82. The topological polar surface area (TPSA) is 71.5 Å². The number of nitrogens with one attached hydrogen (secondary N) is 1. The van der Waals surface area contributed by atoms with E-state index in [0.29, 0.717) is 12.3 Å². The van der Waals surface area contributed by atoms with Crippen molar-refractivity contribution < 1.29 is 27.8 Å². The van der Waals surface area contributed by atoms with Crippen molar-refractivity contribution in [1.29, 1.82) is 0 Å².